The van der Waals surface area contributed by atoms with Crippen molar-refractivity contribution in [1.29, 1.82) is 0 Å². The normalized spacial score (nSPS) is 13.5. The summed E-state index contributed by atoms with van der Waals surface area (Å²) in [7, 11) is 0. The maximum Gasteiger partial charge on any atom is 0.300 e. The molecule has 0 fully saturated rings. The Bertz CT molecular complexity index is 680. The Morgan fingerprint density at radius 1 is 1.00 bits per heavy atom. The molecule has 0 saturated carbocycles. The van der Waals surface area contributed by atoms with E-state index >= 15 is 0 Å². The number of carbonyl (C=O) groups is 2. The van der Waals surface area contributed by atoms with Gasteiger partial charge in [-0.3, -0.25) is 14.5 Å². The van der Waals surface area contributed by atoms with Crippen molar-refractivity contribution in [2.75, 3.05) is 16.9 Å². The largest absolute Gasteiger partial charge is 0.508 e. The zero-order valence-electron chi connectivity index (χ0n) is 10.5. The molecule has 1 heterocycles. The number of aromatic hydroxyl groups is 1. The van der Waals surface area contributed by atoms with E-state index in [1.165, 1.54) is 4.90 Å². The number of carbonyl (C=O) groups excluding carboxylic acids is 2. The maximum absolute atomic E-state index is 11.9. The summed E-state index contributed by atoms with van der Waals surface area (Å²) in [5, 5.41) is 12.3. The van der Waals surface area contributed by atoms with Crippen molar-refractivity contribution in [1.82, 2.24) is 0 Å². The number of hydrogen-bond donors (Lipinski definition) is 2. The predicted molar refractivity (Wildman–Crippen MR) is 74.9 cm³/mol. The molecule has 2 aromatic carbocycles. The number of rotatable bonds is 3. The van der Waals surface area contributed by atoms with Crippen molar-refractivity contribution in [3.63, 3.8) is 0 Å². The van der Waals surface area contributed by atoms with E-state index in [1.54, 1.807) is 48.5 Å². The van der Waals surface area contributed by atoms with Crippen LogP contribution in [-0.2, 0) is 4.79 Å². The second-order valence-corrected chi connectivity index (χ2v) is 4.46. The number of hydrogen-bond acceptors (Lipinski definition) is 4. The van der Waals surface area contributed by atoms with Gasteiger partial charge in [-0.25, -0.2) is 0 Å². The van der Waals surface area contributed by atoms with Crippen LogP contribution in [0.3, 0.4) is 0 Å². The van der Waals surface area contributed by atoms with Gasteiger partial charge in [0.25, 0.3) is 5.78 Å². The van der Waals surface area contributed by atoms with Crippen molar-refractivity contribution >= 4 is 23.1 Å². The molecule has 5 nitrogen and oxygen atoms in total. The van der Waals surface area contributed by atoms with Gasteiger partial charge >= 0.3 is 5.91 Å². The Hall–Kier alpha value is -2.82. The van der Waals surface area contributed by atoms with E-state index in [4.69, 9.17) is 0 Å². The van der Waals surface area contributed by atoms with Crippen LogP contribution in [0.15, 0.2) is 48.5 Å². The van der Waals surface area contributed by atoms with E-state index in [2.05, 4.69) is 5.32 Å². The molecular formula is C15H12N2O3. The molecule has 5 heteroatoms. The molecule has 0 aliphatic carbocycles. The number of phenolic OH excluding ortho intramolecular Hbond substituents is 1. The monoisotopic (exact) mass is 268 g/mol. The predicted octanol–water partition coefficient (Wildman–Crippen LogP) is 1.99. The fraction of sp³-hybridized carbons (Fsp3) is 0.0667. The van der Waals surface area contributed by atoms with Gasteiger partial charge < -0.3 is 10.4 Å². The van der Waals surface area contributed by atoms with Gasteiger partial charge in [0.15, 0.2) is 0 Å². The van der Waals surface area contributed by atoms with Crippen LogP contribution >= 0.6 is 0 Å². The first kappa shape index (κ1) is 12.2. The number of phenols is 1. The number of amides is 1. The lowest BCUT2D eigenvalue weighted by Crippen LogP contribution is -2.34. The highest BCUT2D eigenvalue weighted by Gasteiger charge is 2.34. The third-order valence-electron chi connectivity index (χ3n) is 3.19. The SMILES string of the molecule is O=C1C(=O)N(CNc2ccc(O)cc2)c2ccccc21. The number of anilines is 2. The minimum absolute atomic E-state index is 0.174. The lowest BCUT2D eigenvalue weighted by atomic mass is 10.1. The fourth-order valence-corrected chi connectivity index (χ4v) is 2.15. The van der Waals surface area contributed by atoms with E-state index in [-0.39, 0.29) is 12.4 Å². The summed E-state index contributed by atoms with van der Waals surface area (Å²) < 4.78 is 0. The minimum Gasteiger partial charge on any atom is -0.508 e. The second-order valence-electron chi connectivity index (χ2n) is 4.46. The molecule has 0 radical (unpaired) electrons. The number of nitrogens with one attached hydrogen (secondary N) is 1. The summed E-state index contributed by atoms with van der Waals surface area (Å²) >= 11 is 0. The Labute approximate surface area is 115 Å². The van der Waals surface area contributed by atoms with Gasteiger partial charge in [-0.1, -0.05) is 12.1 Å². The summed E-state index contributed by atoms with van der Waals surface area (Å²) in [6, 6.07) is 13.4. The molecule has 20 heavy (non-hydrogen) atoms. The molecule has 2 N–H and O–H groups in total. The molecule has 0 aromatic heterocycles. The second kappa shape index (κ2) is 4.70. The summed E-state index contributed by atoms with van der Waals surface area (Å²) in [5.41, 5.74) is 1.81. The minimum atomic E-state index is -0.530. The van der Waals surface area contributed by atoms with Gasteiger partial charge in [-0.15, -0.1) is 0 Å². The molecular weight excluding hydrogens is 256 g/mol. The molecule has 1 amide bonds. The zero-order valence-corrected chi connectivity index (χ0v) is 10.5. The average Bonchev–Trinajstić information content (AvgIpc) is 2.71. The average molecular weight is 268 g/mol. The van der Waals surface area contributed by atoms with Crippen LogP contribution < -0.4 is 10.2 Å². The molecule has 0 spiro atoms. The van der Waals surface area contributed by atoms with Gasteiger partial charge in [0, 0.05) is 5.69 Å². The van der Waals surface area contributed by atoms with E-state index in [9.17, 15) is 14.7 Å². The number of para-hydroxylation sites is 1. The topological polar surface area (TPSA) is 69.6 Å². The number of Topliss-reactive ketones (excluding diaryl/α,β-unsaturated/α-hetero) is 1. The lowest BCUT2D eigenvalue weighted by molar-refractivity contribution is -0.114. The smallest absolute Gasteiger partial charge is 0.300 e. The molecule has 0 unspecified atom stereocenters. The van der Waals surface area contributed by atoms with Gasteiger partial charge in [0.05, 0.1) is 17.9 Å². The summed E-state index contributed by atoms with van der Waals surface area (Å²) in [6.07, 6.45) is 0. The maximum atomic E-state index is 11.9. The van der Waals surface area contributed by atoms with E-state index < -0.39 is 11.7 Å². The van der Waals surface area contributed by atoms with Crippen LogP contribution in [0.25, 0.3) is 0 Å². The molecule has 0 atom stereocenters. The molecule has 1 aliphatic rings. The standard InChI is InChI=1S/C15H12N2O3/c18-11-7-5-10(6-8-11)16-9-17-13-4-2-1-3-12(13)14(19)15(17)20/h1-8,16,18H,9H2. The highest BCUT2D eigenvalue weighted by molar-refractivity contribution is 6.52. The molecule has 0 bridgehead atoms. The van der Waals surface area contributed by atoms with Gasteiger partial charge in [0.2, 0.25) is 0 Å². The van der Waals surface area contributed by atoms with Crippen LogP contribution in [0.2, 0.25) is 0 Å². The number of ketones is 1. The quantitative estimate of drug-likeness (QED) is 0.659. The Balaban J connectivity index is 1.79. The van der Waals surface area contributed by atoms with E-state index in [0.717, 1.165) is 5.69 Å². The van der Waals surface area contributed by atoms with Crippen LogP contribution in [0.4, 0.5) is 11.4 Å². The Kier molecular flexibility index (Phi) is 2.87. The van der Waals surface area contributed by atoms with Crippen molar-refractivity contribution in [2.24, 2.45) is 0 Å². The van der Waals surface area contributed by atoms with Crippen LogP contribution in [0.1, 0.15) is 10.4 Å². The first-order chi connectivity index (χ1) is 9.66. The number of nitrogens with zero attached hydrogens (tertiary/aromatic N) is 1. The summed E-state index contributed by atoms with van der Waals surface area (Å²) in [4.78, 5) is 25.2. The molecule has 2 aromatic rings. The number of benzene rings is 2. The number of fused-ring (bicyclic) bond motifs is 1. The van der Waals surface area contributed by atoms with Crippen molar-refractivity contribution in [3.05, 3.63) is 54.1 Å². The van der Waals surface area contributed by atoms with E-state index in [0.29, 0.717) is 11.3 Å². The Morgan fingerprint density at radius 3 is 2.45 bits per heavy atom. The van der Waals surface area contributed by atoms with E-state index in [1.807, 2.05) is 0 Å². The molecule has 0 saturated heterocycles. The van der Waals surface area contributed by atoms with Crippen LogP contribution in [0, 0.1) is 0 Å². The zero-order chi connectivity index (χ0) is 14.1. The van der Waals surface area contributed by atoms with Crippen molar-refractivity contribution < 1.29 is 14.7 Å². The van der Waals surface area contributed by atoms with Crippen LogP contribution in [0.5, 0.6) is 5.75 Å². The summed E-state index contributed by atoms with van der Waals surface area (Å²) in [6.45, 7) is 0.201. The highest BCUT2D eigenvalue weighted by Crippen LogP contribution is 2.28. The van der Waals surface area contributed by atoms with Gasteiger partial charge in [-0.05, 0) is 36.4 Å². The van der Waals surface area contributed by atoms with Crippen LogP contribution in [-0.4, -0.2) is 23.5 Å². The first-order valence-electron chi connectivity index (χ1n) is 6.15. The third kappa shape index (κ3) is 1.99. The van der Waals surface area contributed by atoms with Crippen molar-refractivity contribution in [2.45, 2.75) is 0 Å². The molecule has 100 valence electrons. The lowest BCUT2D eigenvalue weighted by Gasteiger charge is -2.17. The Morgan fingerprint density at radius 2 is 1.70 bits per heavy atom. The third-order valence-corrected chi connectivity index (χ3v) is 3.19. The highest BCUT2D eigenvalue weighted by atomic mass is 16.3. The molecule has 3 rings (SSSR count). The molecule has 1 aliphatic heterocycles. The van der Waals surface area contributed by atoms with Gasteiger partial charge in [-0.2, -0.15) is 0 Å². The first-order valence-corrected chi connectivity index (χ1v) is 6.15. The van der Waals surface area contributed by atoms with Gasteiger partial charge in [0.1, 0.15) is 5.75 Å². The summed E-state index contributed by atoms with van der Waals surface area (Å²) in [5.74, 6) is -0.834. The fourth-order valence-electron chi connectivity index (χ4n) is 2.15. The van der Waals surface area contributed by atoms with Crippen molar-refractivity contribution in [3.8, 4) is 5.75 Å².